The lowest BCUT2D eigenvalue weighted by molar-refractivity contribution is 0.221. The Morgan fingerprint density at radius 2 is 2.33 bits per heavy atom. The van der Waals surface area contributed by atoms with E-state index in [9.17, 15) is 0 Å². The third kappa shape index (κ3) is 2.93. The predicted molar refractivity (Wildman–Crippen MR) is 57.6 cm³/mol. The van der Waals surface area contributed by atoms with Gasteiger partial charge in [0.25, 0.3) is 0 Å². The van der Waals surface area contributed by atoms with Gasteiger partial charge in [-0.15, -0.1) is 0 Å². The summed E-state index contributed by atoms with van der Waals surface area (Å²) in [6, 6.07) is 3.63. The molecule has 1 N–H and O–H groups in total. The van der Waals surface area contributed by atoms with Crippen LogP contribution in [0.25, 0.3) is 0 Å². The van der Waals surface area contributed by atoms with E-state index in [4.69, 9.17) is 9.84 Å². The molecule has 3 nitrogen and oxygen atoms in total. The van der Waals surface area contributed by atoms with E-state index in [2.05, 4.69) is 4.98 Å². The summed E-state index contributed by atoms with van der Waals surface area (Å²) < 4.78 is 5.60. The first-order chi connectivity index (χ1) is 7.38. The molecule has 0 unspecified atom stereocenters. The van der Waals surface area contributed by atoms with Crippen molar-refractivity contribution in [1.82, 2.24) is 4.98 Å². The van der Waals surface area contributed by atoms with Crippen molar-refractivity contribution >= 4 is 0 Å². The van der Waals surface area contributed by atoms with Crippen molar-refractivity contribution < 1.29 is 9.84 Å². The van der Waals surface area contributed by atoms with E-state index in [1.807, 2.05) is 6.07 Å². The number of pyridine rings is 1. The maximum absolute atomic E-state index is 8.90. The number of aliphatic hydroxyl groups excluding tert-OH is 1. The molecule has 0 atom stereocenters. The Balaban J connectivity index is 1.76. The van der Waals surface area contributed by atoms with Crippen molar-refractivity contribution in [3.63, 3.8) is 0 Å². The van der Waals surface area contributed by atoms with Crippen LogP contribution in [0, 0.1) is 5.92 Å². The molecule has 0 saturated heterocycles. The van der Waals surface area contributed by atoms with E-state index >= 15 is 0 Å². The summed E-state index contributed by atoms with van der Waals surface area (Å²) in [7, 11) is 0. The number of ether oxygens (including phenoxy) is 1. The van der Waals surface area contributed by atoms with Crippen LogP contribution in [0.5, 0.6) is 5.75 Å². The van der Waals surface area contributed by atoms with Gasteiger partial charge in [-0.05, 0) is 18.4 Å². The molecule has 1 aromatic heterocycles. The molecule has 1 fully saturated rings. The smallest absolute Gasteiger partial charge is 0.122 e. The van der Waals surface area contributed by atoms with Gasteiger partial charge in [0.15, 0.2) is 0 Å². The molecule has 15 heavy (non-hydrogen) atoms. The number of rotatable bonds is 5. The monoisotopic (exact) mass is 207 g/mol. The van der Waals surface area contributed by atoms with Crippen molar-refractivity contribution in [3.8, 4) is 5.75 Å². The summed E-state index contributed by atoms with van der Waals surface area (Å²) >= 11 is 0. The molecule has 1 aliphatic rings. The minimum absolute atomic E-state index is 0.0280. The lowest BCUT2D eigenvalue weighted by Crippen LogP contribution is -2.14. The van der Waals surface area contributed by atoms with Gasteiger partial charge in [0.05, 0.1) is 18.9 Å². The average molecular weight is 207 g/mol. The molecule has 0 bridgehead atoms. The first-order valence-electron chi connectivity index (χ1n) is 5.57. The second-order valence-electron chi connectivity index (χ2n) is 4.08. The van der Waals surface area contributed by atoms with Gasteiger partial charge in [0.2, 0.25) is 0 Å². The van der Waals surface area contributed by atoms with Gasteiger partial charge >= 0.3 is 0 Å². The molecule has 82 valence electrons. The summed E-state index contributed by atoms with van der Waals surface area (Å²) in [6.07, 6.45) is 6.93. The third-order valence-electron chi connectivity index (χ3n) is 2.97. The maximum atomic E-state index is 8.90. The molecule has 0 spiro atoms. The van der Waals surface area contributed by atoms with E-state index in [0.29, 0.717) is 5.69 Å². The number of aliphatic hydroxyl groups is 1. The predicted octanol–water partition coefficient (Wildman–Crippen LogP) is 2.14. The fourth-order valence-corrected chi connectivity index (χ4v) is 1.76. The lowest BCUT2D eigenvalue weighted by Gasteiger charge is -2.24. The Bertz CT molecular complexity index is 310. The molecule has 1 heterocycles. The summed E-state index contributed by atoms with van der Waals surface area (Å²) in [5, 5.41) is 8.90. The first kappa shape index (κ1) is 10.4. The number of hydrogen-bond donors (Lipinski definition) is 1. The van der Waals surface area contributed by atoms with Crippen molar-refractivity contribution in [1.29, 1.82) is 0 Å². The Labute approximate surface area is 90.1 Å². The molecule has 0 aliphatic heterocycles. The van der Waals surface area contributed by atoms with Gasteiger partial charge in [0, 0.05) is 12.3 Å². The number of aromatic nitrogens is 1. The Morgan fingerprint density at radius 1 is 1.47 bits per heavy atom. The van der Waals surface area contributed by atoms with E-state index < -0.39 is 0 Å². The van der Waals surface area contributed by atoms with Crippen LogP contribution in [-0.4, -0.2) is 16.7 Å². The number of nitrogens with zero attached hydrogens (tertiary/aromatic N) is 1. The fraction of sp³-hybridized carbons (Fsp3) is 0.583. The second-order valence-corrected chi connectivity index (χ2v) is 4.08. The highest BCUT2D eigenvalue weighted by Gasteiger charge is 2.16. The van der Waals surface area contributed by atoms with Gasteiger partial charge in [-0.2, -0.15) is 0 Å². The zero-order chi connectivity index (χ0) is 10.5. The van der Waals surface area contributed by atoms with Gasteiger partial charge in [0.1, 0.15) is 5.75 Å². The van der Waals surface area contributed by atoms with Crippen LogP contribution in [0.15, 0.2) is 18.3 Å². The normalized spacial score (nSPS) is 16.1. The quantitative estimate of drug-likeness (QED) is 0.804. The van der Waals surface area contributed by atoms with Crippen LogP contribution in [-0.2, 0) is 6.61 Å². The summed E-state index contributed by atoms with van der Waals surface area (Å²) in [5.74, 6) is 1.69. The minimum Gasteiger partial charge on any atom is -0.493 e. The molecular weight excluding hydrogens is 190 g/mol. The summed E-state index contributed by atoms with van der Waals surface area (Å²) in [5.41, 5.74) is 0.663. The van der Waals surface area contributed by atoms with Crippen LogP contribution < -0.4 is 4.74 Å². The second kappa shape index (κ2) is 5.12. The minimum atomic E-state index is -0.0280. The molecule has 0 radical (unpaired) electrons. The van der Waals surface area contributed by atoms with Crippen LogP contribution in [0.1, 0.15) is 31.4 Å². The zero-order valence-electron chi connectivity index (χ0n) is 8.85. The fourth-order valence-electron chi connectivity index (χ4n) is 1.76. The summed E-state index contributed by atoms with van der Waals surface area (Å²) in [4.78, 5) is 4.00. The standard InChI is InChI=1S/C12H17NO2/c14-9-11-8-12(4-6-13-11)15-7-5-10-2-1-3-10/h4,6,8,10,14H,1-3,5,7,9H2. The molecule has 1 saturated carbocycles. The third-order valence-corrected chi connectivity index (χ3v) is 2.97. The Kier molecular flexibility index (Phi) is 3.56. The molecule has 0 aromatic carbocycles. The Morgan fingerprint density at radius 3 is 3.00 bits per heavy atom. The van der Waals surface area contributed by atoms with E-state index in [-0.39, 0.29) is 6.61 Å². The molecule has 3 heteroatoms. The Hall–Kier alpha value is -1.09. The highest BCUT2D eigenvalue weighted by molar-refractivity contribution is 5.22. The van der Waals surface area contributed by atoms with E-state index in [1.54, 1.807) is 12.3 Å². The van der Waals surface area contributed by atoms with Crippen molar-refractivity contribution in [2.24, 2.45) is 5.92 Å². The summed E-state index contributed by atoms with van der Waals surface area (Å²) in [6.45, 7) is 0.749. The lowest BCUT2D eigenvalue weighted by atomic mass is 9.83. The van der Waals surface area contributed by atoms with E-state index in [0.717, 1.165) is 24.7 Å². The van der Waals surface area contributed by atoms with Crippen molar-refractivity contribution in [2.45, 2.75) is 32.3 Å². The molecule has 1 aromatic rings. The maximum Gasteiger partial charge on any atom is 0.122 e. The van der Waals surface area contributed by atoms with Crippen LogP contribution in [0.3, 0.4) is 0 Å². The van der Waals surface area contributed by atoms with Gasteiger partial charge in [-0.3, -0.25) is 4.98 Å². The first-order valence-corrected chi connectivity index (χ1v) is 5.57. The molecule has 2 rings (SSSR count). The average Bonchev–Trinajstić information content (AvgIpc) is 2.22. The van der Waals surface area contributed by atoms with Gasteiger partial charge < -0.3 is 9.84 Å². The van der Waals surface area contributed by atoms with Gasteiger partial charge in [-0.1, -0.05) is 19.3 Å². The number of hydrogen-bond acceptors (Lipinski definition) is 3. The molecule has 0 amide bonds. The highest BCUT2D eigenvalue weighted by atomic mass is 16.5. The topological polar surface area (TPSA) is 42.4 Å². The highest BCUT2D eigenvalue weighted by Crippen LogP contribution is 2.29. The molecular formula is C12H17NO2. The largest absolute Gasteiger partial charge is 0.493 e. The van der Waals surface area contributed by atoms with Crippen LogP contribution in [0.2, 0.25) is 0 Å². The van der Waals surface area contributed by atoms with Crippen LogP contribution >= 0.6 is 0 Å². The SMILES string of the molecule is OCc1cc(OCCC2CCC2)ccn1. The van der Waals surface area contributed by atoms with Crippen molar-refractivity contribution in [3.05, 3.63) is 24.0 Å². The van der Waals surface area contributed by atoms with Crippen LogP contribution in [0.4, 0.5) is 0 Å². The zero-order valence-corrected chi connectivity index (χ0v) is 8.85. The van der Waals surface area contributed by atoms with E-state index in [1.165, 1.54) is 19.3 Å². The molecule has 1 aliphatic carbocycles. The van der Waals surface area contributed by atoms with Crippen molar-refractivity contribution in [2.75, 3.05) is 6.61 Å². The van der Waals surface area contributed by atoms with Gasteiger partial charge in [-0.25, -0.2) is 0 Å².